The van der Waals surface area contributed by atoms with Gasteiger partial charge in [0.1, 0.15) is 17.2 Å². The number of H-pyrrole nitrogens is 1. The molecule has 0 radical (unpaired) electrons. The molecule has 3 N–H and O–H groups in total. The second-order valence-electron chi connectivity index (χ2n) is 6.02. The molecular weight excluding hydrogens is 318 g/mol. The minimum Gasteiger partial charge on any atom is -0.508 e. The van der Waals surface area contributed by atoms with Crippen molar-refractivity contribution in [2.45, 2.75) is 5.92 Å². The quantitative estimate of drug-likeness (QED) is 0.409. The van der Waals surface area contributed by atoms with Gasteiger partial charge >= 0.3 is 5.63 Å². The molecule has 25 heavy (non-hydrogen) atoms. The number of aromatic hydroxyl groups is 1. The number of nitrogens with one attached hydrogen (secondary N) is 2. The van der Waals surface area contributed by atoms with Gasteiger partial charge in [0.05, 0.1) is 17.4 Å². The summed E-state index contributed by atoms with van der Waals surface area (Å²) in [4.78, 5) is 12.8. The third-order valence-corrected chi connectivity index (χ3v) is 4.59. The van der Waals surface area contributed by atoms with Crippen LogP contribution in [-0.4, -0.2) is 15.3 Å². The van der Waals surface area contributed by atoms with E-state index in [0.29, 0.717) is 11.1 Å². The van der Waals surface area contributed by atoms with Gasteiger partial charge in [-0.15, -0.1) is 0 Å². The van der Waals surface area contributed by atoms with E-state index in [1.807, 2.05) is 18.2 Å². The normalized spacial score (nSPS) is 15.4. The first-order valence-corrected chi connectivity index (χ1v) is 7.87. The van der Waals surface area contributed by atoms with E-state index in [4.69, 9.17) is 4.42 Å². The van der Waals surface area contributed by atoms with Crippen molar-refractivity contribution in [2.24, 2.45) is 0 Å². The summed E-state index contributed by atoms with van der Waals surface area (Å²) in [5.41, 5.74) is 3.16. The number of phenols is 1. The van der Waals surface area contributed by atoms with Gasteiger partial charge in [-0.2, -0.15) is 5.10 Å². The van der Waals surface area contributed by atoms with E-state index in [1.54, 1.807) is 36.5 Å². The second kappa shape index (κ2) is 4.98. The van der Waals surface area contributed by atoms with Gasteiger partial charge in [0.15, 0.2) is 0 Å². The maximum Gasteiger partial charge on any atom is 0.342 e. The van der Waals surface area contributed by atoms with E-state index in [2.05, 4.69) is 15.5 Å². The highest BCUT2D eigenvalue weighted by atomic mass is 16.4. The number of nitrogens with zero attached hydrogens (tertiary/aromatic N) is 1. The molecule has 0 saturated carbocycles. The van der Waals surface area contributed by atoms with Crippen LogP contribution < -0.4 is 10.9 Å². The van der Waals surface area contributed by atoms with E-state index < -0.39 is 0 Å². The van der Waals surface area contributed by atoms with Crippen LogP contribution in [-0.2, 0) is 0 Å². The van der Waals surface area contributed by atoms with Gasteiger partial charge in [0.2, 0.25) is 0 Å². The van der Waals surface area contributed by atoms with Crippen LogP contribution >= 0.6 is 0 Å². The molecule has 0 spiro atoms. The topological polar surface area (TPSA) is 91.2 Å². The van der Waals surface area contributed by atoms with Crippen LogP contribution in [0.3, 0.4) is 0 Å². The van der Waals surface area contributed by atoms with Crippen LogP contribution in [0.25, 0.3) is 11.0 Å². The van der Waals surface area contributed by atoms with Crippen molar-refractivity contribution in [1.82, 2.24) is 10.2 Å². The summed E-state index contributed by atoms with van der Waals surface area (Å²) < 4.78 is 5.55. The zero-order valence-electron chi connectivity index (χ0n) is 13.0. The van der Waals surface area contributed by atoms with Crippen molar-refractivity contribution in [3.05, 3.63) is 81.8 Å². The number of benzene rings is 2. The SMILES string of the molecule is O=c1oc2ccccc2c2c1[C@H](c1ccc(O)cc1)c1cn[nH]c1N2. The van der Waals surface area contributed by atoms with Crippen LogP contribution in [0.2, 0.25) is 0 Å². The molecule has 0 amide bonds. The molecule has 2 aromatic carbocycles. The van der Waals surface area contributed by atoms with E-state index in [-0.39, 0.29) is 17.3 Å². The summed E-state index contributed by atoms with van der Waals surface area (Å²) in [6.45, 7) is 0. The van der Waals surface area contributed by atoms with E-state index >= 15 is 0 Å². The van der Waals surface area contributed by atoms with E-state index in [0.717, 1.165) is 28.0 Å². The predicted molar refractivity (Wildman–Crippen MR) is 93.4 cm³/mol. The van der Waals surface area contributed by atoms with Crippen molar-refractivity contribution < 1.29 is 9.52 Å². The van der Waals surface area contributed by atoms with Crippen LogP contribution in [0.5, 0.6) is 5.75 Å². The Morgan fingerprint density at radius 1 is 1.08 bits per heavy atom. The first-order chi connectivity index (χ1) is 12.2. The Morgan fingerprint density at radius 3 is 2.72 bits per heavy atom. The third kappa shape index (κ3) is 1.97. The number of hydrogen-bond donors (Lipinski definition) is 3. The standard InChI is InChI=1S/C19H13N3O3/c23-11-7-5-10(6-8-11)15-13-9-20-22-18(13)21-17-12-3-1-2-4-14(12)25-19(24)16(15)17/h1-9,15,23H,(H2,20,21,22)/t15-/m1/s1. The van der Waals surface area contributed by atoms with Crippen molar-refractivity contribution in [3.63, 3.8) is 0 Å². The zero-order chi connectivity index (χ0) is 17.0. The zero-order valence-corrected chi connectivity index (χ0v) is 13.0. The monoisotopic (exact) mass is 331 g/mol. The highest BCUT2D eigenvalue weighted by Crippen LogP contribution is 2.44. The minimum absolute atomic E-state index is 0.177. The number of aromatic amines is 1. The summed E-state index contributed by atoms with van der Waals surface area (Å²) in [6, 6.07) is 14.3. The van der Waals surface area contributed by atoms with Crippen molar-refractivity contribution >= 4 is 22.5 Å². The highest BCUT2D eigenvalue weighted by molar-refractivity contribution is 5.95. The molecule has 2 aromatic heterocycles. The second-order valence-corrected chi connectivity index (χ2v) is 6.02. The molecule has 1 atom stereocenters. The Kier molecular flexibility index (Phi) is 2.76. The maximum absolute atomic E-state index is 12.8. The minimum atomic E-state index is -0.383. The van der Waals surface area contributed by atoms with Crippen molar-refractivity contribution in [2.75, 3.05) is 5.32 Å². The Morgan fingerprint density at radius 2 is 1.88 bits per heavy atom. The molecular formula is C19H13N3O3. The maximum atomic E-state index is 12.8. The Hall–Kier alpha value is -3.54. The summed E-state index contributed by atoms with van der Waals surface area (Å²) in [5, 5.41) is 20.8. The number of hydrogen-bond acceptors (Lipinski definition) is 5. The summed E-state index contributed by atoms with van der Waals surface area (Å²) in [7, 11) is 0. The third-order valence-electron chi connectivity index (χ3n) is 4.59. The van der Waals surface area contributed by atoms with Crippen LogP contribution in [0.15, 0.2) is 63.9 Å². The van der Waals surface area contributed by atoms with E-state index in [9.17, 15) is 9.90 Å². The van der Waals surface area contributed by atoms with Crippen LogP contribution in [0.1, 0.15) is 22.6 Å². The molecule has 0 bridgehead atoms. The number of para-hydroxylation sites is 1. The molecule has 1 aliphatic heterocycles. The first kappa shape index (κ1) is 13.9. The fraction of sp³-hybridized carbons (Fsp3) is 0.0526. The molecule has 4 aromatic rings. The van der Waals surface area contributed by atoms with Gasteiger partial charge < -0.3 is 14.8 Å². The highest BCUT2D eigenvalue weighted by Gasteiger charge is 2.33. The first-order valence-electron chi connectivity index (χ1n) is 7.87. The van der Waals surface area contributed by atoms with Gasteiger partial charge in [-0.3, -0.25) is 5.10 Å². The van der Waals surface area contributed by atoms with Crippen LogP contribution in [0, 0.1) is 0 Å². The molecule has 3 heterocycles. The number of fused-ring (bicyclic) bond motifs is 4. The summed E-state index contributed by atoms with van der Waals surface area (Å²) >= 11 is 0. The number of phenolic OH excluding ortho intramolecular Hbond substituents is 1. The Bertz CT molecular complexity index is 1160. The fourth-order valence-corrected chi connectivity index (χ4v) is 3.47. The smallest absolute Gasteiger partial charge is 0.342 e. The lowest BCUT2D eigenvalue weighted by atomic mass is 9.83. The average molecular weight is 331 g/mol. The Balaban J connectivity index is 1.86. The lowest BCUT2D eigenvalue weighted by Crippen LogP contribution is -2.21. The van der Waals surface area contributed by atoms with Gasteiger partial charge in [0.25, 0.3) is 0 Å². The molecule has 0 unspecified atom stereocenters. The molecule has 6 nitrogen and oxygen atoms in total. The average Bonchev–Trinajstić information content (AvgIpc) is 3.09. The van der Waals surface area contributed by atoms with Gasteiger partial charge in [-0.1, -0.05) is 24.3 Å². The number of anilines is 2. The predicted octanol–water partition coefficient (Wildman–Crippen LogP) is 3.46. The molecule has 6 heteroatoms. The van der Waals surface area contributed by atoms with Crippen molar-refractivity contribution in [1.29, 1.82) is 0 Å². The van der Waals surface area contributed by atoms with E-state index in [1.165, 1.54) is 0 Å². The van der Waals surface area contributed by atoms with Gasteiger partial charge in [0, 0.05) is 16.9 Å². The largest absolute Gasteiger partial charge is 0.508 e. The summed E-state index contributed by atoms with van der Waals surface area (Å²) in [6.07, 6.45) is 1.71. The molecule has 0 fully saturated rings. The van der Waals surface area contributed by atoms with Crippen molar-refractivity contribution in [3.8, 4) is 5.75 Å². The lowest BCUT2D eigenvalue weighted by molar-refractivity contribution is 0.475. The molecule has 1 aliphatic rings. The molecule has 0 aliphatic carbocycles. The molecule has 0 saturated heterocycles. The lowest BCUT2D eigenvalue weighted by Gasteiger charge is -2.26. The van der Waals surface area contributed by atoms with Crippen LogP contribution in [0.4, 0.5) is 11.5 Å². The number of rotatable bonds is 1. The van der Waals surface area contributed by atoms with Gasteiger partial charge in [-0.05, 0) is 29.8 Å². The summed E-state index contributed by atoms with van der Waals surface area (Å²) in [5.74, 6) is 0.601. The fourth-order valence-electron chi connectivity index (χ4n) is 3.47. The number of aromatic nitrogens is 2. The molecule has 122 valence electrons. The Labute approximate surface area is 141 Å². The molecule has 5 rings (SSSR count). The van der Waals surface area contributed by atoms with Gasteiger partial charge in [-0.25, -0.2) is 4.79 Å².